The third-order valence-electron chi connectivity index (χ3n) is 2.14. The van der Waals surface area contributed by atoms with E-state index in [1.807, 2.05) is 27.5 Å². The van der Waals surface area contributed by atoms with Gasteiger partial charge in [-0.05, 0) is 13.8 Å². The molecular formula is C7H12I2N2O. The molecule has 0 N–H and O–H groups in total. The van der Waals surface area contributed by atoms with Crippen molar-refractivity contribution in [2.45, 2.75) is 25.9 Å². The number of halogens is 2. The maximum Gasteiger partial charge on any atom is 0.283 e. The van der Waals surface area contributed by atoms with Crippen LogP contribution in [0.25, 0.3) is 0 Å². The molecule has 0 aliphatic carbocycles. The fraction of sp³-hybridized carbons (Fsp3) is 0.857. The zero-order chi connectivity index (χ0) is 9.30. The van der Waals surface area contributed by atoms with Crippen LogP contribution in [0.2, 0.25) is 0 Å². The van der Waals surface area contributed by atoms with E-state index in [-0.39, 0.29) is 3.91 Å². The van der Waals surface area contributed by atoms with Crippen LogP contribution < -0.4 is 0 Å². The Kier molecular flexibility index (Phi) is 4.03. The van der Waals surface area contributed by atoms with E-state index in [2.05, 4.69) is 39.8 Å². The topological polar surface area (TPSA) is 23.6 Å². The fourth-order valence-electron chi connectivity index (χ4n) is 1.33. The van der Waals surface area contributed by atoms with Crippen LogP contribution in [0.5, 0.6) is 0 Å². The van der Waals surface area contributed by atoms with Gasteiger partial charge < -0.3 is 4.90 Å². The molecule has 70 valence electrons. The molecule has 1 saturated heterocycles. The molecule has 0 radical (unpaired) electrons. The van der Waals surface area contributed by atoms with Crippen molar-refractivity contribution in [3.05, 3.63) is 0 Å². The molecule has 12 heavy (non-hydrogen) atoms. The van der Waals surface area contributed by atoms with Crippen LogP contribution in [-0.4, -0.2) is 37.1 Å². The van der Waals surface area contributed by atoms with Crippen molar-refractivity contribution in [2.75, 3.05) is 13.1 Å². The average Bonchev–Trinajstić information content (AvgIpc) is 1.96. The van der Waals surface area contributed by atoms with Crippen molar-refractivity contribution < 1.29 is 4.79 Å². The van der Waals surface area contributed by atoms with Crippen LogP contribution in [0.1, 0.15) is 13.8 Å². The lowest BCUT2D eigenvalue weighted by Gasteiger charge is -2.40. The van der Waals surface area contributed by atoms with Crippen molar-refractivity contribution >= 4 is 49.4 Å². The second-order valence-electron chi connectivity index (χ2n) is 3.19. The molecule has 1 aliphatic rings. The standard InChI is InChI=1S/C7H12I2N2O/c1-5-4-11(9)6(2)3-10(5)7(8)12/h5-6H,3-4H2,1-2H3/t5-,6+/m1/s1. The van der Waals surface area contributed by atoms with E-state index in [9.17, 15) is 4.79 Å². The number of amides is 1. The van der Waals surface area contributed by atoms with Crippen LogP contribution >= 0.6 is 45.5 Å². The van der Waals surface area contributed by atoms with E-state index in [1.165, 1.54) is 0 Å². The molecule has 5 heteroatoms. The average molecular weight is 394 g/mol. The second-order valence-corrected chi connectivity index (χ2v) is 5.35. The summed E-state index contributed by atoms with van der Waals surface area (Å²) >= 11 is 4.18. The summed E-state index contributed by atoms with van der Waals surface area (Å²) in [7, 11) is 0. The van der Waals surface area contributed by atoms with Gasteiger partial charge in [0.15, 0.2) is 0 Å². The van der Waals surface area contributed by atoms with Crippen molar-refractivity contribution in [2.24, 2.45) is 0 Å². The van der Waals surface area contributed by atoms with E-state index >= 15 is 0 Å². The van der Waals surface area contributed by atoms with E-state index < -0.39 is 0 Å². The number of nitrogens with zero attached hydrogens (tertiary/aromatic N) is 2. The Morgan fingerprint density at radius 2 is 1.92 bits per heavy atom. The van der Waals surface area contributed by atoms with Gasteiger partial charge in [0.1, 0.15) is 0 Å². The van der Waals surface area contributed by atoms with E-state index in [4.69, 9.17) is 0 Å². The highest BCUT2D eigenvalue weighted by molar-refractivity contribution is 14.1. The van der Waals surface area contributed by atoms with Gasteiger partial charge in [-0.25, -0.2) is 3.11 Å². The van der Waals surface area contributed by atoms with Gasteiger partial charge in [-0.1, -0.05) is 0 Å². The van der Waals surface area contributed by atoms with Gasteiger partial charge in [-0.2, -0.15) is 0 Å². The molecule has 0 bridgehead atoms. The Bertz CT molecular complexity index is 188. The molecule has 0 saturated carbocycles. The Morgan fingerprint density at radius 1 is 1.33 bits per heavy atom. The molecule has 1 rings (SSSR count). The van der Waals surface area contributed by atoms with Crippen LogP contribution in [-0.2, 0) is 0 Å². The Balaban J connectivity index is 2.61. The highest BCUT2D eigenvalue weighted by Crippen LogP contribution is 2.20. The van der Waals surface area contributed by atoms with Gasteiger partial charge in [-0.3, -0.25) is 4.79 Å². The molecule has 0 spiro atoms. The zero-order valence-electron chi connectivity index (χ0n) is 7.13. The molecule has 1 heterocycles. The van der Waals surface area contributed by atoms with Crippen molar-refractivity contribution in [3.8, 4) is 0 Å². The summed E-state index contributed by atoms with van der Waals surface area (Å²) in [6, 6.07) is 0.822. The summed E-state index contributed by atoms with van der Waals surface area (Å²) in [5, 5.41) is 0. The normalized spacial score (nSPS) is 32.2. The SMILES string of the molecule is C[C@@H]1CN(I)[C@@H](C)CN1C(=O)I. The van der Waals surface area contributed by atoms with E-state index in [0.717, 1.165) is 13.1 Å². The molecule has 3 nitrogen and oxygen atoms in total. The number of carbonyl (C=O) groups is 1. The van der Waals surface area contributed by atoms with Crippen LogP contribution in [0.15, 0.2) is 0 Å². The number of hydrogen-bond donors (Lipinski definition) is 0. The van der Waals surface area contributed by atoms with Crippen molar-refractivity contribution in [1.29, 1.82) is 0 Å². The molecule has 0 aromatic carbocycles. The zero-order valence-corrected chi connectivity index (χ0v) is 11.4. The molecule has 2 atom stereocenters. The minimum absolute atomic E-state index is 0.163. The summed E-state index contributed by atoms with van der Waals surface area (Å²) in [6.45, 7) is 6.06. The molecule has 1 amide bonds. The van der Waals surface area contributed by atoms with E-state index in [0.29, 0.717) is 12.1 Å². The lowest BCUT2D eigenvalue weighted by atomic mass is 10.2. The lowest BCUT2D eigenvalue weighted by Crippen LogP contribution is -2.53. The third-order valence-corrected chi connectivity index (χ3v) is 4.10. The number of hydrogen-bond acceptors (Lipinski definition) is 2. The number of piperazine rings is 1. The second kappa shape index (κ2) is 4.41. The van der Waals surface area contributed by atoms with Crippen molar-refractivity contribution in [3.63, 3.8) is 0 Å². The van der Waals surface area contributed by atoms with Crippen LogP contribution in [0, 0.1) is 0 Å². The monoisotopic (exact) mass is 394 g/mol. The summed E-state index contributed by atoms with van der Waals surface area (Å²) < 4.78 is 2.43. The molecular weight excluding hydrogens is 382 g/mol. The third kappa shape index (κ3) is 2.44. The largest absolute Gasteiger partial charge is 0.329 e. The minimum atomic E-state index is 0.163. The lowest BCUT2D eigenvalue weighted by molar-refractivity contribution is 0.143. The Labute approximate surface area is 100 Å². The molecule has 0 aromatic heterocycles. The first-order valence-corrected chi connectivity index (χ1v) is 5.95. The molecule has 0 unspecified atom stereocenters. The highest BCUT2D eigenvalue weighted by atomic mass is 127. The van der Waals surface area contributed by atoms with Crippen LogP contribution in [0.4, 0.5) is 4.79 Å². The first-order chi connectivity index (χ1) is 5.52. The van der Waals surface area contributed by atoms with Crippen molar-refractivity contribution in [1.82, 2.24) is 8.01 Å². The Morgan fingerprint density at radius 3 is 2.42 bits per heavy atom. The minimum Gasteiger partial charge on any atom is -0.329 e. The predicted octanol–water partition coefficient (Wildman–Crippen LogP) is 2.29. The van der Waals surface area contributed by atoms with Gasteiger partial charge in [0.05, 0.1) is 0 Å². The fourth-order valence-corrected chi connectivity index (χ4v) is 2.75. The molecule has 1 aliphatic heterocycles. The first-order valence-electron chi connectivity index (χ1n) is 3.91. The Hall–Kier alpha value is 0.890. The smallest absolute Gasteiger partial charge is 0.283 e. The van der Waals surface area contributed by atoms with Crippen LogP contribution in [0.3, 0.4) is 0 Å². The van der Waals surface area contributed by atoms with Gasteiger partial charge in [0, 0.05) is 70.6 Å². The first kappa shape index (κ1) is 11.0. The van der Waals surface area contributed by atoms with Gasteiger partial charge in [-0.15, -0.1) is 0 Å². The summed E-state index contributed by atoms with van der Waals surface area (Å²) in [5.41, 5.74) is 0. The number of rotatable bonds is 0. The van der Waals surface area contributed by atoms with Gasteiger partial charge >= 0.3 is 0 Å². The predicted molar refractivity (Wildman–Crippen MR) is 65.8 cm³/mol. The summed E-state index contributed by atoms with van der Waals surface area (Å²) in [6.07, 6.45) is 0. The molecule has 0 aromatic rings. The summed E-state index contributed by atoms with van der Waals surface area (Å²) in [4.78, 5) is 13.1. The number of carbonyl (C=O) groups excluding carboxylic acids is 1. The maximum atomic E-state index is 11.2. The summed E-state index contributed by atoms with van der Waals surface area (Å²) in [5.74, 6) is 0. The van der Waals surface area contributed by atoms with Gasteiger partial charge in [0.25, 0.3) is 3.91 Å². The maximum absolute atomic E-state index is 11.2. The highest BCUT2D eigenvalue weighted by Gasteiger charge is 2.29. The quantitative estimate of drug-likeness (QED) is 0.273. The molecule has 1 fully saturated rings. The van der Waals surface area contributed by atoms with Gasteiger partial charge in [0.2, 0.25) is 0 Å². The van der Waals surface area contributed by atoms with E-state index in [1.54, 1.807) is 0 Å².